The highest BCUT2D eigenvalue weighted by Gasteiger charge is 2.06. The van der Waals surface area contributed by atoms with Crippen LogP contribution in [0, 0.1) is 5.92 Å². The van der Waals surface area contributed by atoms with Gasteiger partial charge in [0.15, 0.2) is 0 Å². The molecule has 0 fully saturated rings. The van der Waals surface area contributed by atoms with Gasteiger partial charge in [0, 0.05) is 23.9 Å². The number of amides is 2. The van der Waals surface area contributed by atoms with Gasteiger partial charge in [0.1, 0.15) is 0 Å². The number of carbonyl (C=O) groups is 2. The quantitative estimate of drug-likeness (QED) is 0.739. The maximum Gasteiger partial charge on any atom is 0.252 e. The van der Waals surface area contributed by atoms with Crippen LogP contribution in [0.15, 0.2) is 16.8 Å². The van der Waals surface area contributed by atoms with Gasteiger partial charge in [-0.15, -0.1) is 0 Å². The third-order valence-electron chi connectivity index (χ3n) is 2.02. The van der Waals surface area contributed by atoms with E-state index in [0.29, 0.717) is 24.6 Å². The zero-order chi connectivity index (χ0) is 13.4. The van der Waals surface area contributed by atoms with Crippen LogP contribution in [0.5, 0.6) is 0 Å². The summed E-state index contributed by atoms with van der Waals surface area (Å²) in [6.45, 7) is 4.76. The third-order valence-corrected chi connectivity index (χ3v) is 2.71. The minimum absolute atomic E-state index is 0.160. The van der Waals surface area contributed by atoms with Crippen LogP contribution in [-0.4, -0.2) is 25.0 Å². The van der Waals surface area contributed by atoms with E-state index < -0.39 is 0 Å². The van der Waals surface area contributed by atoms with Gasteiger partial charge in [-0.1, -0.05) is 13.8 Å². The molecule has 100 valence electrons. The van der Waals surface area contributed by atoms with Crippen LogP contribution in [0.25, 0.3) is 0 Å². The largest absolute Gasteiger partial charge is 0.351 e. The fraction of sp³-hybridized carbons (Fsp3) is 0.500. The first-order valence-electron chi connectivity index (χ1n) is 5.80. The fourth-order valence-electron chi connectivity index (χ4n) is 1.13. The van der Waals surface area contributed by atoms with Crippen molar-refractivity contribution in [1.82, 2.24) is 10.8 Å². The van der Waals surface area contributed by atoms with Crippen LogP contribution in [0.4, 0.5) is 0 Å². The van der Waals surface area contributed by atoms with Crippen molar-refractivity contribution >= 4 is 23.2 Å². The van der Waals surface area contributed by atoms with Gasteiger partial charge in [-0.3, -0.25) is 14.4 Å². The fourth-order valence-corrected chi connectivity index (χ4v) is 1.76. The lowest BCUT2D eigenvalue weighted by molar-refractivity contribution is -0.134. The summed E-state index contributed by atoms with van der Waals surface area (Å²) in [7, 11) is 0. The molecule has 0 saturated heterocycles. The number of rotatable bonds is 7. The molecular formula is C12H18N2O3S. The van der Waals surface area contributed by atoms with Gasteiger partial charge in [0.25, 0.3) is 5.91 Å². The molecule has 0 unspecified atom stereocenters. The van der Waals surface area contributed by atoms with Gasteiger partial charge in [-0.05, 0) is 17.4 Å². The first kappa shape index (κ1) is 14.7. The number of hydrogen-bond donors (Lipinski definition) is 2. The topological polar surface area (TPSA) is 67.4 Å². The second kappa shape index (κ2) is 7.84. The lowest BCUT2D eigenvalue weighted by atomic mass is 10.2. The van der Waals surface area contributed by atoms with Crippen molar-refractivity contribution in [3.05, 3.63) is 22.4 Å². The van der Waals surface area contributed by atoms with E-state index in [9.17, 15) is 9.59 Å². The van der Waals surface area contributed by atoms with Crippen LogP contribution in [-0.2, 0) is 9.63 Å². The molecule has 1 aromatic heterocycles. The normalized spacial score (nSPS) is 10.4. The molecule has 6 heteroatoms. The first-order chi connectivity index (χ1) is 8.59. The van der Waals surface area contributed by atoms with Crippen molar-refractivity contribution in [3.8, 4) is 0 Å². The summed E-state index contributed by atoms with van der Waals surface area (Å²) in [6.07, 6.45) is 0.202. The summed E-state index contributed by atoms with van der Waals surface area (Å²) in [5.41, 5.74) is 2.96. The number of hydroxylamine groups is 1. The summed E-state index contributed by atoms with van der Waals surface area (Å²) in [5, 5.41) is 6.27. The summed E-state index contributed by atoms with van der Waals surface area (Å²) in [6, 6.07) is 1.74. The summed E-state index contributed by atoms with van der Waals surface area (Å²) >= 11 is 1.46. The molecule has 1 heterocycles. The zero-order valence-electron chi connectivity index (χ0n) is 10.6. The van der Waals surface area contributed by atoms with E-state index in [4.69, 9.17) is 4.84 Å². The molecule has 0 aliphatic rings. The maximum absolute atomic E-state index is 11.5. The number of hydrogen-bond acceptors (Lipinski definition) is 4. The second-order valence-corrected chi connectivity index (χ2v) is 5.03. The van der Waals surface area contributed by atoms with E-state index in [0.717, 1.165) is 0 Å². The molecule has 2 N–H and O–H groups in total. The summed E-state index contributed by atoms with van der Waals surface area (Å²) in [4.78, 5) is 27.8. The number of thiophene rings is 1. The minimum Gasteiger partial charge on any atom is -0.351 e. The summed E-state index contributed by atoms with van der Waals surface area (Å²) < 4.78 is 0. The van der Waals surface area contributed by atoms with Gasteiger partial charge in [0.2, 0.25) is 5.91 Å². The first-order valence-corrected chi connectivity index (χ1v) is 6.75. The molecule has 0 aromatic carbocycles. The van der Waals surface area contributed by atoms with Crippen LogP contribution in [0.3, 0.4) is 0 Å². The highest BCUT2D eigenvalue weighted by atomic mass is 32.1. The van der Waals surface area contributed by atoms with Crippen molar-refractivity contribution in [1.29, 1.82) is 0 Å². The Bertz CT molecular complexity index is 377. The Morgan fingerprint density at radius 1 is 1.44 bits per heavy atom. The van der Waals surface area contributed by atoms with Gasteiger partial charge >= 0.3 is 0 Å². The van der Waals surface area contributed by atoms with Crippen molar-refractivity contribution in [2.75, 3.05) is 13.2 Å². The minimum atomic E-state index is -0.235. The van der Waals surface area contributed by atoms with Crippen LogP contribution in [0.1, 0.15) is 30.6 Å². The average Bonchev–Trinajstić information content (AvgIpc) is 2.81. The SMILES string of the molecule is CC(C)CONC(=O)CCNC(=O)c1ccsc1. The van der Waals surface area contributed by atoms with E-state index in [2.05, 4.69) is 10.8 Å². The number of nitrogens with one attached hydrogen (secondary N) is 2. The lowest BCUT2D eigenvalue weighted by Crippen LogP contribution is -2.31. The number of carbonyl (C=O) groups excluding carboxylic acids is 2. The molecular weight excluding hydrogens is 252 g/mol. The molecule has 0 atom stereocenters. The van der Waals surface area contributed by atoms with Gasteiger partial charge in [-0.25, -0.2) is 5.48 Å². The third kappa shape index (κ3) is 5.79. The molecule has 5 nitrogen and oxygen atoms in total. The Morgan fingerprint density at radius 3 is 2.83 bits per heavy atom. The van der Waals surface area contributed by atoms with E-state index in [1.165, 1.54) is 11.3 Å². The predicted molar refractivity (Wildman–Crippen MR) is 70.2 cm³/mol. The Labute approximate surface area is 110 Å². The molecule has 1 rings (SSSR count). The molecule has 2 amide bonds. The lowest BCUT2D eigenvalue weighted by Gasteiger charge is -2.08. The smallest absolute Gasteiger partial charge is 0.252 e. The molecule has 1 aromatic rings. The van der Waals surface area contributed by atoms with Crippen LogP contribution < -0.4 is 10.8 Å². The van der Waals surface area contributed by atoms with Gasteiger partial charge < -0.3 is 5.32 Å². The Kier molecular flexibility index (Phi) is 6.38. The van der Waals surface area contributed by atoms with Crippen molar-refractivity contribution in [2.24, 2.45) is 5.92 Å². The molecule has 0 bridgehead atoms. The standard InChI is InChI=1S/C12H18N2O3S/c1-9(2)7-17-14-11(15)3-5-13-12(16)10-4-6-18-8-10/h4,6,8-9H,3,5,7H2,1-2H3,(H,13,16)(H,14,15). The monoisotopic (exact) mass is 270 g/mol. The molecule has 0 spiro atoms. The Morgan fingerprint density at radius 2 is 2.22 bits per heavy atom. The molecule has 18 heavy (non-hydrogen) atoms. The average molecular weight is 270 g/mol. The highest BCUT2D eigenvalue weighted by Crippen LogP contribution is 2.04. The zero-order valence-corrected chi connectivity index (χ0v) is 11.4. The highest BCUT2D eigenvalue weighted by molar-refractivity contribution is 7.08. The maximum atomic E-state index is 11.5. The van der Waals surface area contributed by atoms with Crippen molar-refractivity contribution < 1.29 is 14.4 Å². The Hall–Kier alpha value is -1.40. The van der Waals surface area contributed by atoms with Gasteiger partial charge in [-0.2, -0.15) is 11.3 Å². The van der Waals surface area contributed by atoms with E-state index in [1.807, 2.05) is 19.2 Å². The predicted octanol–water partition coefficient (Wildman–Crippen LogP) is 1.57. The molecule has 0 saturated carbocycles. The van der Waals surface area contributed by atoms with Crippen LogP contribution in [0.2, 0.25) is 0 Å². The van der Waals surface area contributed by atoms with Crippen molar-refractivity contribution in [3.63, 3.8) is 0 Å². The molecule has 0 radical (unpaired) electrons. The second-order valence-electron chi connectivity index (χ2n) is 4.25. The molecule has 0 aliphatic heterocycles. The van der Waals surface area contributed by atoms with Gasteiger partial charge in [0.05, 0.1) is 6.61 Å². The molecule has 0 aliphatic carbocycles. The van der Waals surface area contributed by atoms with E-state index >= 15 is 0 Å². The van der Waals surface area contributed by atoms with Crippen LogP contribution >= 0.6 is 11.3 Å². The summed E-state index contributed by atoms with van der Waals surface area (Å²) in [5.74, 6) is -0.0305. The van der Waals surface area contributed by atoms with Crippen molar-refractivity contribution in [2.45, 2.75) is 20.3 Å². The van der Waals surface area contributed by atoms with E-state index in [1.54, 1.807) is 11.4 Å². The Balaban J connectivity index is 2.10. The van der Waals surface area contributed by atoms with E-state index in [-0.39, 0.29) is 18.2 Å².